The maximum Gasteiger partial charge on any atom is 0.331 e. The molecular formula is C8H12O4. The van der Waals surface area contributed by atoms with Gasteiger partial charge in [0.15, 0.2) is 0 Å². The highest BCUT2D eigenvalue weighted by Crippen LogP contribution is 1.93. The minimum absolute atomic E-state index is 0.0175. The van der Waals surface area contributed by atoms with E-state index in [-0.39, 0.29) is 5.57 Å². The molecule has 0 atom stereocenters. The number of carboxylic acids is 1. The summed E-state index contributed by atoms with van der Waals surface area (Å²) in [6, 6.07) is 0. The summed E-state index contributed by atoms with van der Waals surface area (Å²) >= 11 is 0. The van der Waals surface area contributed by atoms with Crippen molar-refractivity contribution in [3.63, 3.8) is 0 Å². The van der Waals surface area contributed by atoms with E-state index in [2.05, 4.69) is 4.74 Å². The first-order valence-corrected chi connectivity index (χ1v) is 3.66. The summed E-state index contributed by atoms with van der Waals surface area (Å²) in [7, 11) is 0. The molecule has 0 aromatic heterocycles. The first-order chi connectivity index (χ1) is 5.57. The van der Waals surface area contributed by atoms with Crippen LogP contribution in [0.2, 0.25) is 0 Å². The molecule has 0 bridgehead atoms. The van der Waals surface area contributed by atoms with Crippen molar-refractivity contribution in [1.82, 2.24) is 0 Å². The molecule has 4 nitrogen and oxygen atoms in total. The molecule has 0 aliphatic heterocycles. The SMILES string of the molecule is CCCOC(=O)/C=C(/C)C(=O)O. The number of carbonyl (C=O) groups is 2. The lowest BCUT2D eigenvalue weighted by Gasteiger charge is -1.97. The zero-order valence-corrected chi connectivity index (χ0v) is 7.16. The Balaban J connectivity index is 3.97. The average molecular weight is 172 g/mol. The zero-order chi connectivity index (χ0) is 9.56. The van der Waals surface area contributed by atoms with E-state index in [4.69, 9.17) is 5.11 Å². The minimum Gasteiger partial charge on any atom is -0.478 e. The third-order valence-corrected chi connectivity index (χ3v) is 1.12. The van der Waals surface area contributed by atoms with Crippen LogP contribution in [-0.4, -0.2) is 23.7 Å². The van der Waals surface area contributed by atoms with Crippen LogP contribution in [0.5, 0.6) is 0 Å². The molecule has 1 N–H and O–H groups in total. The number of hydrogen-bond donors (Lipinski definition) is 1. The molecule has 0 spiro atoms. The van der Waals surface area contributed by atoms with Gasteiger partial charge in [-0.2, -0.15) is 0 Å². The number of carbonyl (C=O) groups excluding carboxylic acids is 1. The molecule has 0 rings (SSSR count). The van der Waals surface area contributed by atoms with Gasteiger partial charge in [-0.05, 0) is 13.3 Å². The van der Waals surface area contributed by atoms with Crippen LogP contribution in [-0.2, 0) is 14.3 Å². The Hall–Kier alpha value is -1.32. The number of ether oxygens (including phenoxy) is 1. The van der Waals surface area contributed by atoms with Gasteiger partial charge in [-0.3, -0.25) is 0 Å². The van der Waals surface area contributed by atoms with Crippen molar-refractivity contribution in [2.24, 2.45) is 0 Å². The third-order valence-electron chi connectivity index (χ3n) is 1.12. The molecule has 0 aromatic rings. The topological polar surface area (TPSA) is 63.6 Å². The van der Waals surface area contributed by atoms with Crippen molar-refractivity contribution in [1.29, 1.82) is 0 Å². The molecule has 0 aliphatic carbocycles. The molecule has 0 unspecified atom stereocenters. The van der Waals surface area contributed by atoms with Crippen molar-refractivity contribution in [2.75, 3.05) is 6.61 Å². The van der Waals surface area contributed by atoms with Crippen molar-refractivity contribution < 1.29 is 19.4 Å². The molecule has 0 radical (unpaired) electrons. The zero-order valence-electron chi connectivity index (χ0n) is 7.16. The lowest BCUT2D eigenvalue weighted by Crippen LogP contribution is -2.05. The number of carboxylic acid groups (broad SMARTS) is 1. The molecule has 12 heavy (non-hydrogen) atoms. The fourth-order valence-corrected chi connectivity index (χ4v) is 0.483. The Morgan fingerprint density at radius 3 is 2.50 bits per heavy atom. The summed E-state index contributed by atoms with van der Waals surface area (Å²) < 4.78 is 4.63. The Morgan fingerprint density at radius 2 is 2.08 bits per heavy atom. The van der Waals surface area contributed by atoms with Gasteiger partial charge in [-0.15, -0.1) is 0 Å². The van der Waals surface area contributed by atoms with Crippen LogP contribution < -0.4 is 0 Å². The molecule has 0 aliphatic rings. The monoisotopic (exact) mass is 172 g/mol. The van der Waals surface area contributed by atoms with Gasteiger partial charge in [-0.25, -0.2) is 9.59 Å². The predicted octanol–water partition coefficient (Wildman–Crippen LogP) is 0.970. The van der Waals surface area contributed by atoms with Crippen LogP contribution in [0.1, 0.15) is 20.3 Å². The van der Waals surface area contributed by atoms with Crippen LogP contribution in [0.4, 0.5) is 0 Å². The second-order valence-electron chi connectivity index (χ2n) is 2.30. The number of esters is 1. The van der Waals surface area contributed by atoms with Gasteiger partial charge in [0.25, 0.3) is 0 Å². The fourth-order valence-electron chi connectivity index (χ4n) is 0.483. The normalized spacial score (nSPS) is 11.0. The van der Waals surface area contributed by atoms with Crippen molar-refractivity contribution >= 4 is 11.9 Å². The van der Waals surface area contributed by atoms with Gasteiger partial charge < -0.3 is 9.84 Å². The second-order valence-corrected chi connectivity index (χ2v) is 2.30. The molecule has 0 fully saturated rings. The van der Waals surface area contributed by atoms with Crippen LogP contribution in [0, 0.1) is 0 Å². The molecule has 0 saturated heterocycles. The van der Waals surface area contributed by atoms with Crippen LogP contribution >= 0.6 is 0 Å². The largest absolute Gasteiger partial charge is 0.478 e. The molecule has 0 saturated carbocycles. The first kappa shape index (κ1) is 10.7. The third kappa shape index (κ3) is 4.49. The molecule has 0 amide bonds. The smallest absolute Gasteiger partial charge is 0.331 e. The van der Waals surface area contributed by atoms with Crippen LogP contribution in [0.15, 0.2) is 11.6 Å². The fraction of sp³-hybridized carbons (Fsp3) is 0.500. The molecule has 68 valence electrons. The predicted molar refractivity (Wildman–Crippen MR) is 42.6 cm³/mol. The summed E-state index contributed by atoms with van der Waals surface area (Å²) in [4.78, 5) is 21.0. The molecular weight excluding hydrogens is 160 g/mol. The van der Waals surface area contributed by atoms with Crippen molar-refractivity contribution in [3.05, 3.63) is 11.6 Å². The first-order valence-electron chi connectivity index (χ1n) is 3.66. The van der Waals surface area contributed by atoms with Crippen molar-refractivity contribution in [3.8, 4) is 0 Å². The van der Waals surface area contributed by atoms with E-state index in [1.54, 1.807) is 0 Å². The van der Waals surface area contributed by atoms with E-state index in [0.29, 0.717) is 6.61 Å². The summed E-state index contributed by atoms with van der Waals surface area (Å²) in [5.74, 6) is -1.71. The number of hydrogen-bond acceptors (Lipinski definition) is 3. The van der Waals surface area contributed by atoms with E-state index in [1.165, 1.54) is 6.92 Å². The van der Waals surface area contributed by atoms with Gasteiger partial charge in [0, 0.05) is 11.6 Å². The minimum atomic E-state index is -1.11. The van der Waals surface area contributed by atoms with Gasteiger partial charge in [-0.1, -0.05) is 6.92 Å². The van der Waals surface area contributed by atoms with E-state index >= 15 is 0 Å². The quantitative estimate of drug-likeness (QED) is 0.507. The Labute approximate surface area is 70.8 Å². The lowest BCUT2D eigenvalue weighted by atomic mass is 10.3. The molecule has 0 heterocycles. The Bertz CT molecular complexity index is 205. The Kier molecular flexibility index (Phi) is 4.76. The number of rotatable bonds is 4. The van der Waals surface area contributed by atoms with Gasteiger partial charge in [0.05, 0.1) is 6.61 Å². The van der Waals surface area contributed by atoms with Crippen molar-refractivity contribution in [2.45, 2.75) is 20.3 Å². The summed E-state index contributed by atoms with van der Waals surface area (Å²) in [5.41, 5.74) is -0.0175. The molecule has 4 heteroatoms. The highest BCUT2D eigenvalue weighted by molar-refractivity contribution is 5.94. The van der Waals surface area contributed by atoms with Gasteiger partial charge in [0.1, 0.15) is 0 Å². The van der Waals surface area contributed by atoms with Gasteiger partial charge >= 0.3 is 11.9 Å². The van der Waals surface area contributed by atoms with E-state index in [9.17, 15) is 9.59 Å². The van der Waals surface area contributed by atoms with Crippen LogP contribution in [0.3, 0.4) is 0 Å². The highest BCUT2D eigenvalue weighted by atomic mass is 16.5. The van der Waals surface area contributed by atoms with Gasteiger partial charge in [0.2, 0.25) is 0 Å². The second kappa shape index (κ2) is 5.35. The highest BCUT2D eigenvalue weighted by Gasteiger charge is 2.03. The van der Waals surface area contributed by atoms with E-state index in [1.807, 2.05) is 6.92 Å². The van der Waals surface area contributed by atoms with E-state index in [0.717, 1.165) is 12.5 Å². The summed E-state index contributed by atoms with van der Waals surface area (Å²) in [6.45, 7) is 3.53. The van der Waals surface area contributed by atoms with Crippen LogP contribution in [0.25, 0.3) is 0 Å². The maximum absolute atomic E-state index is 10.8. The van der Waals surface area contributed by atoms with E-state index < -0.39 is 11.9 Å². The maximum atomic E-state index is 10.8. The molecule has 0 aromatic carbocycles. The number of aliphatic carboxylic acids is 1. The summed E-state index contributed by atoms with van der Waals surface area (Å²) in [6.07, 6.45) is 1.70. The standard InChI is InChI=1S/C8H12O4/c1-3-4-12-7(9)5-6(2)8(10)11/h5H,3-4H2,1-2H3,(H,10,11)/b6-5-. The lowest BCUT2D eigenvalue weighted by molar-refractivity contribution is -0.139. The Morgan fingerprint density at radius 1 is 1.50 bits per heavy atom. The summed E-state index contributed by atoms with van der Waals surface area (Å²) in [5, 5.41) is 8.38. The average Bonchev–Trinajstić information content (AvgIpc) is 2.00.